The molecule has 8 heteroatoms. The fraction of sp³-hybridized carbons (Fsp3) is 0.182. The topological polar surface area (TPSA) is 128 Å². The number of hydrogen-bond donors (Lipinski definition) is 5. The van der Waals surface area contributed by atoms with Crippen LogP contribution < -0.4 is 16.0 Å². The molecular weight excluding hydrogens is 254 g/mol. The predicted molar refractivity (Wildman–Crippen MR) is 62.9 cm³/mol. The molecule has 0 radical (unpaired) electrons. The average Bonchev–Trinajstić information content (AvgIpc) is 2.30. The van der Waals surface area contributed by atoms with Gasteiger partial charge in [0.15, 0.2) is 5.92 Å². The van der Waals surface area contributed by atoms with E-state index in [4.69, 9.17) is 5.11 Å². The largest absolute Gasteiger partial charge is 0.508 e. The Morgan fingerprint density at radius 1 is 1.21 bits per heavy atom. The van der Waals surface area contributed by atoms with Crippen LogP contribution in [0, 0.1) is 5.92 Å². The molecule has 5 N–H and O–H groups in total. The van der Waals surface area contributed by atoms with Crippen molar-refractivity contribution in [3.8, 4) is 5.75 Å². The van der Waals surface area contributed by atoms with Gasteiger partial charge in [-0.1, -0.05) is 0 Å². The lowest BCUT2D eigenvalue weighted by atomic mass is 10.0. The van der Waals surface area contributed by atoms with Gasteiger partial charge in [-0.3, -0.25) is 14.9 Å². The van der Waals surface area contributed by atoms with E-state index in [0.717, 1.165) is 0 Å². The molecule has 0 aromatic heterocycles. The number of aromatic hydroxyl groups is 1. The maximum Gasteiger partial charge on any atom is 0.323 e. The van der Waals surface area contributed by atoms with Crippen LogP contribution in [0.2, 0.25) is 0 Å². The number of nitrogens with one attached hydrogen (secondary N) is 3. The van der Waals surface area contributed by atoms with Gasteiger partial charge in [0, 0.05) is 5.69 Å². The summed E-state index contributed by atoms with van der Waals surface area (Å²) in [7, 11) is 0. The number of urea groups is 1. The van der Waals surface area contributed by atoms with Gasteiger partial charge in [0.1, 0.15) is 12.0 Å². The summed E-state index contributed by atoms with van der Waals surface area (Å²) in [6.07, 6.45) is -1.58. The van der Waals surface area contributed by atoms with Crippen molar-refractivity contribution in [1.82, 2.24) is 10.6 Å². The van der Waals surface area contributed by atoms with Gasteiger partial charge in [0.2, 0.25) is 11.8 Å². The molecular formula is C11H11N3O5. The fourth-order valence-electron chi connectivity index (χ4n) is 1.61. The number of carbonyl (C=O) groups excluding carboxylic acids is 3. The summed E-state index contributed by atoms with van der Waals surface area (Å²) in [4.78, 5) is 34.2. The molecule has 1 aromatic carbocycles. The third-order valence-electron chi connectivity index (χ3n) is 2.53. The molecule has 2 unspecified atom stereocenters. The summed E-state index contributed by atoms with van der Waals surface area (Å²) < 4.78 is 0. The van der Waals surface area contributed by atoms with Crippen molar-refractivity contribution in [3.63, 3.8) is 0 Å². The van der Waals surface area contributed by atoms with Crippen molar-refractivity contribution in [2.45, 2.75) is 6.23 Å². The summed E-state index contributed by atoms with van der Waals surface area (Å²) in [5.74, 6) is -3.06. The van der Waals surface area contributed by atoms with E-state index >= 15 is 0 Å². The van der Waals surface area contributed by atoms with Crippen LogP contribution in [0.3, 0.4) is 0 Å². The number of aliphatic hydroxyl groups is 1. The fourth-order valence-corrected chi connectivity index (χ4v) is 1.61. The average molecular weight is 265 g/mol. The van der Waals surface area contributed by atoms with Crippen molar-refractivity contribution in [3.05, 3.63) is 24.3 Å². The molecule has 0 saturated carbocycles. The van der Waals surface area contributed by atoms with Crippen LogP contribution in [0.15, 0.2) is 24.3 Å². The Morgan fingerprint density at radius 3 is 2.42 bits per heavy atom. The minimum Gasteiger partial charge on any atom is -0.508 e. The smallest absolute Gasteiger partial charge is 0.323 e. The van der Waals surface area contributed by atoms with E-state index in [1.165, 1.54) is 24.3 Å². The summed E-state index contributed by atoms with van der Waals surface area (Å²) in [6.45, 7) is 0. The molecule has 2 atom stereocenters. The first-order chi connectivity index (χ1) is 8.97. The highest BCUT2D eigenvalue weighted by atomic mass is 16.3. The molecule has 0 aliphatic carbocycles. The maximum atomic E-state index is 11.8. The third-order valence-corrected chi connectivity index (χ3v) is 2.53. The molecule has 0 bridgehead atoms. The van der Waals surface area contributed by atoms with Gasteiger partial charge in [0.25, 0.3) is 0 Å². The SMILES string of the molecule is O=C1NC(=O)C(C(=O)Nc2ccc(O)cc2)C(O)N1. The molecule has 19 heavy (non-hydrogen) atoms. The third kappa shape index (κ3) is 2.80. The number of phenolic OH excluding ortho intramolecular Hbond substituents is 1. The molecule has 8 nitrogen and oxygen atoms in total. The van der Waals surface area contributed by atoms with E-state index in [9.17, 15) is 19.5 Å². The summed E-state index contributed by atoms with van der Waals surface area (Å²) >= 11 is 0. The van der Waals surface area contributed by atoms with Gasteiger partial charge in [-0.2, -0.15) is 0 Å². The number of amides is 4. The van der Waals surface area contributed by atoms with Crippen molar-refractivity contribution in [2.24, 2.45) is 5.92 Å². The van der Waals surface area contributed by atoms with Gasteiger partial charge in [-0.15, -0.1) is 0 Å². The zero-order valence-corrected chi connectivity index (χ0v) is 9.58. The van der Waals surface area contributed by atoms with E-state index in [0.29, 0.717) is 5.69 Å². The van der Waals surface area contributed by atoms with Crippen LogP contribution in [0.5, 0.6) is 5.75 Å². The first-order valence-electron chi connectivity index (χ1n) is 5.36. The second kappa shape index (κ2) is 4.94. The van der Waals surface area contributed by atoms with Crippen LogP contribution >= 0.6 is 0 Å². The number of rotatable bonds is 2. The second-order valence-electron chi connectivity index (χ2n) is 3.92. The van der Waals surface area contributed by atoms with Crippen LogP contribution in [-0.4, -0.2) is 34.3 Å². The highest BCUT2D eigenvalue weighted by Gasteiger charge is 2.39. The minimum atomic E-state index is -1.58. The van der Waals surface area contributed by atoms with Gasteiger partial charge < -0.3 is 20.8 Å². The van der Waals surface area contributed by atoms with Gasteiger partial charge in [-0.05, 0) is 24.3 Å². The van der Waals surface area contributed by atoms with Crippen LogP contribution in [-0.2, 0) is 9.59 Å². The van der Waals surface area contributed by atoms with Gasteiger partial charge in [0.05, 0.1) is 0 Å². The number of phenols is 1. The number of anilines is 1. The molecule has 100 valence electrons. The van der Waals surface area contributed by atoms with Gasteiger partial charge in [-0.25, -0.2) is 4.79 Å². The van der Waals surface area contributed by atoms with E-state index in [1.807, 2.05) is 10.6 Å². The number of benzene rings is 1. The van der Waals surface area contributed by atoms with Crippen molar-refractivity contribution >= 4 is 23.5 Å². The summed E-state index contributed by atoms with van der Waals surface area (Å²) in [5, 5.41) is 24.9. The Labute approximate surface area is 107 Å². The molecule has 1 aromatic rings. The molecule has 1 saturated heterocycles. The number of imide groups is 1. The molecule has 0 spiro atoms. The molecule has 1 fully saturated rings. The predicted octanol–water partition coefficient (Wildman–Crippen LogP) is -0.895. The molecule has 1 aliphatic heterocycles. The minimum absolute atomic E-state index is 0.0284. The lowest BCUT2D eigenvalue weighted by molar-refractivity contribution is -0.138. The Bertz CT molecular complexity index is 528. The first-order valence-corrected chi connectivity index (χ1v) is 5.36. The van der Waals surface area contributed by atoms with Crippen LogP contribution in [0.1, 0.15) is 0 Å². The highest BCUT2D eigenvalue weighted by Crippen LogP contribution is 2.16. The van der Waals surface area contributed by atoms with E-state index in [1.54, 1.807) is 0 Å². The summed E-state index contributed by atoms with van der Waals surface area (Å²) in [5.41, 5.74) is 0.347. The standard InChI is InChI=1S/C11H11N3O5/c15-6-3-1-5(2-4-6)12-8(16)7-9(17)13-11(19)14-10(7)18/h1-4,7,9,15,17H,(H,12,16)(H2,13,14,18,19). The lowest BCUT2D eigenvalue weighted by Crippen LogP contribution is -2.61. The number of aliphatic hydroxyl groups excluding tert-OH is 1. The van der Waals surface area contributed by atoms with E-state index in [-0.39, 0.29) is 5.75 Å². The lowest BCUT2D eigenvalue weighted by Gasteiger charge is -2.26. The molecule has 4 amide bonds. The number of carbonyl (C=O) groups is 3. The van der Waals surface area contributed by atoms with E-state index < -0.39 is 30.0 Å². The second-order valence-corrected chi connectivity index (χ2v) is 3.92. The molecule has 1 aliphatic rings. The quantitative estimate of drug-likeness (QED) is 0.350. The van der Waals surface area contributed by atoms with Crippen molar-refractivity contribution in [1.29, 1.82) is 0 Å². The maximum absolute atomic E-state index is 11.8. The summed E-state index contributed by atoms with van der Waals surface area (Å²) in [6, 6.07) is 4.72. The van der Waals surface area contributed by atoms with E-state index in [2.05, 4.69) is 5.32 Å². The zero-order chi connectivity index (χ0) is 14.0. The van der Waals surface area contributed by atoms with Crippen molar-refractivity contribution < 1.29 is 24.6 Å². The molecule has 2 rings (SSSR count). The van der Waals surface area contributed by atoms with Crippen molar-refractivity contribution in [2.75, 3.05) is 5.32 Å². The Kier molecular flexibility index (Phi) is 3.34. The zero-order valence-electron chi connectivity index (χ0n) is 9.58. The first kappa shape index (κ1) is 12.8. The van der Waals surface area contributed by atoms with Gasteiger partial charge >= 0.3 is 6.03 Å². The highest BCUT2D eigenvalue weighted by molar-refractivity contribution is 6.12. The normalized spacial score (nSPS) is 22.4. The Morgan fingerprint density at radius 2 is 1.84 bits per heavy atom. The van der Waals surface area contributed by atoms with Crippen LogP contribution in [0.25, 0.3) is 0 Å². The number of hydrogen-bond acceptors (Lipinski definition) is 5. The monoisotopic (exact) mass is 265 g/mol. The van der Waals surface area contributed by atoms with Crippen LogP contribution in [0.4, 0.5) is 10.5 Å². The molecule has 1 heterocycles. The Hall–Kier alpha value is -2.61. The Balaban J connectivity index is 2.09.